The molecular formula is C13H19N5O3. The van der Waals surface area contributed by atoms with Crippen molar-refractivity contribution < 1.29 is 14.1 Å². The van der Waals surface area contributed by atoms with E-state index in [-0.39, 0.29) is 18.2 Å². The molecule has 0 saturated carbocycles. The Morgan fingerprint density at radius 2 is 2.14 bits per heavy atom. The third-order valence-corrected chi connectivity index (χ3v) is 2.90. The maximum absolute atomic E-state index is 11.9. The van der Waals surface area contributed by atoms with Gasteiger partial charge in [-0.15, -0.1) is 5.10 Å². The van der Waals surface area contributed by atoms with Gasteiger partial charge in [0.15, 0.2) is 11.5 Å². The largest absolute Gasteiger partial charge is 0.461 e. The lowest BCUT2D eigenvalue weighted by atomic mass is 10.1. The van der Waals surface area contributed by atoms with Crippen molar-refractivity contribution in [3.05, 3.63) is 23.1 Å². The van der Waals surface area contributed by atoms with Crippen molar-refractivity contribution in [2.75, 3.05) is 6.61 Å². The molecule has 0 spiro atoms. The van der Waals surface area contributed by atoms with Gasteiger partial charge < -0.3 is 9.26 Å². The summed E-state index contributed by atoms with van der Waals surface area (Å²) in [6, 6.07) is 0. The van der Waals surface area contributed by atoms with Crippen LogP contribution in [0.4, 0.5) is 0 Å². The van der Waals surface area contributed by atoms with Gasteiger partial charge in [-0.25, -0.2) is 9.48 Å². The molecule has 8 nitrogen and oxygen atoms in total. The monoisotopic (exact) mass is 293 g/mol. The van der Waals surface area contributed by atoms with Crippen LogP contribution in [-0.2, 0) is 17.7 Å². The topological polar surface area (TPSA) is 95.9 Å². The second-order valence-corrected chi connectivity index (χ2v) is 4.81. The van der Waals surface area contributed by atoms with Crippen LogP contribution in [0.1, 0.15) is 61.5 Å². The number of aryl methyl sites for hydroxylation is 1. The maximum Gasteiger partial charge on any atom is 0.360 e. The number of esters is 1. The number of carbonyl (C=O) groups excluding carboxylic acids is 1. The summed E-state index contributed by atoms with van der Waals surface area (Å²) >= 11 is 0. The van der Waals surface area contributed by atoms with E-state index in [1.807, 2.05) is 20.8 Å². The summed E-state index contributed by atoms with van der Waals surface area (Å²) < 4.78 is 11.7. The van der Waals surface area contributed by atoms with E-state index in [0.29, 0.717) is 30.4 Å². The number of rotatable bonds is 6. The van der Waals surface area contributed by atoms with E-state index >= 15 is 0 Å². The number of hydrogen-bond donors (Lipinski definition) is 0. The minimum atomic E-state index is -0.466. The quantitative estimate of drug-likeness (QED) is 0.746. The van der Waals surface area contributed by atoms with Crippen LogP contribution < -0.4 is 0 Å². The van der Waals surface area contributed by atoms with Crippen molar-refractivity contribution in [2.24, 2.45) is 0 Å². The van der Waals surface area contributed by atoms with Crippen LogP contribution in [0.3, 0.4) is 0 Å². The van der Waals surface area contributed by atoms with Gasteiger partial charge >= 0.3 is 5.97 Å². The van der Waals surface area contributed by atoms with Crippen LogP contribution >= 0.6 is 0 Å². The summed E-state index contributed by atoms with van der Waals surface area (Å²) in [6.45, 7) is 8.21. The fraction of sp³-hybridized carbons (Fsp3) is 0.615. The maximum atomic E-state index is 11.9. The van der Waals surface area contributed by atoms with Gasteiger partial charge in [0.25, 0.3) is 0 Å². The van der Waals surface area contributed by atoms with Gasteiger partial charge in [0.1, 0.15) is 6.54 Å². The molecule has 0 aliphatic rings. The molecule has 0 fully saturated rings. The summed E-state index contributed by atoms with van der Waals surface area (Å²) in [5.74, 6) is 0.677. The zero-order valence-corrected chi connectivity index (χ0v) is 12.7. The molecule has 0 radical (unpaired) electrons. The highest BCUT2D eigenvalue weighted by Crippen LogP contribution is 2.19. The molecule has 8 heteroatoms. The van der Waals surface area contributed by atoms with Crippen LogP contribution in [0.2, 0.25) is 0 Å². The van der Waals surface area contributed by atoms with Gasteiger partial charge in [-0.2, -0.15) is 4.98 Å². The van der Waals surface area contributed by atoms with Gasteiger partial charge in [0.2, 0.25) is 5.89 Å². The van der Waals surface area contributed by atoms with E-state index in [1.54, 1.807) is 11.6 Å². The fourth-order valence-electron chi connectivity index (χ4n) is 1.98. The smallest absolute Gasteiger partial charge is 0.360 e. The zero-order chi connectivity index (χ0) is 15.4. The summed E-state index contributed by atoms with van der Waals surface area (Å²) in [4.78, 5) is 16.1. The first kappa shape index (κ1) is 15.1. The average Bonchev–Trinajstić information content (AvgIpc) is 3.06. The van der Waals surface area contributed by atoms with Crippen LogP contribution in [0, 0.1) is 0 Å². The third kappa shape index (κ3) is 3.26. The van der Waals surface area contributed by atoms with E-state index < -0.39 is 5.97 Å². The highest BCUT2D eigenvalue weighted by molar-refractivity contribution is 5.88. The molecule has 2 aromatic heterocycles. The molecule has 114 valence electrons. The zero-order valence-electron chi connectivity index (χ0n) is 12.7. The first-order chi connectivity index (χ1) is 10.1. The molecule has 2 aromatic rings. The van der Waals surface area contributed by atoms with Gasteiger partial charge in [0.05, 0.1) is 12.3 Å². The molecule has 0 aliphatic carbocycles. The van der Waals surface area contributed by atoms with Crippen molar-refractivity contribution in [2.45, 2.75) is 46.6 Å². The third-order valence-electron chi connectivity index (χ3n) is 2.90. The minimum absolute atomic E-state index is 0.0629. The molecule has 2 rings (SSSR count). The van der Waals surface area contributed by atoms with Crippen LogP contribution in [0.5, 0.6) is 0 Å². The van der Waals surface area contributed by atoms with E-state index in [9.17, 15) is 4.79 Å². The van der Waals surface area contributed by atoms with E-state index in [4.69, 9.17) is 9.26 Å². The Kier molecular flexibility index (Phi) is 4.66. The standard InChI is InChI=1S/C13H19N5O3/c1-5-9-14-10(21-16-9)7-18-12(8(3)4)11(15-17-18)13(19)20-6-2/h8H,5-7H2,1-4H3. The number of ether oxygens (including phenoxy) is 1. The molecule has 21 heavy (non-hydrogen) atoms. The Bertz CT molecular complexity index is 617. The normalized spacial score (nSPS) is 11.1. The molecule has 2 heterocycles. The predicted molar refractivity (Wildman–Crippen MR) is 72.8 cm³/mol. The molecule has 0 aromatic carbocycles. The Labute approximate surface area is 122 Å². The number of aromatic nitrogens is 5. The molecule has 0 atom stereocenters. The van der Waals surface area contributed by atoms with Crippen molar-refractivity contribution in [3.8, 4) is 0 Å². The van der Waals surface area contributed by atoms with Crippen molar-refractivity contribution in [1.82, 2.24) is 25.1 Å². The molecular weight excluding hydrogens is 274 g/mol. The predicted octanol–water partition coefficient (Wildman–Crippen LogP) is 1.57. The van der Waals surface area contributed by atoms with Gasteiger partial charge in [-0.3, -0.25) is 0 Å². The molecule has 0 aliphatic heterocycles. The Balaban J connectivity index is 2.29. The van der Waals surface area contributed by atoms with Crippen LogP contribution in [0.25, 0.3) is 0 Å². The van der Waals surface area contributed by atoms with Crippen LogP contribution in [0.15, 0.2) is 4.52 Å². The molecule has 0 saturated heterocycles. The SMILES string of the molecule is CCOC(=O)c1nnn(Cc2nc(CC)no2)c1C(C)C. The van der Waals surface area contributed by atoms with Gasteiger partial charge in [-0.05, 0) is 12.8 Å². The van der Waals surface area contributed by atoms with E-state index in [1.165, 1.54) is 0 Å². The molecule has 0 N–H and O–H groups in total. The summed E-state index contributed by atoms with van der Waals surface area (Å²) in [5.41, 5.74) is 0.937. The average molecular weight is 293 g/mol. The van der Waals surface area contributed by atoms with Gasteiger partial charge in [-0.1, -0.05) is 31.1 Å². The van der Waals surface area contributed by atoms with E-state index in [0.717, 1.165) is 0 Å². The lowest BCUT2D eigenvalue weighted by molar-refractivity contribution is 0.0517. The van der Waals surface area contributed by atoms with Crippen LogP contribution in [-0.4, -0.2) is 37.7 Å². The minimum Gasteiger partial charge on any atom is -0.461 e. The second-order valence-electron chi connectivity index (χ2n) is 4.81. The molecule has 0 amide bonds. The number of carbonyl (C=O) groups is 1. The van der Waals surface area contributed by atoms with E-state index in [2.05, 4.69) is 20.5 Å². The number of hydrogen-bond acceptors (Lipinski definition) is 7. The highest BCUT2D eigenvalue weighted by Gasteiger charge is 2.24. The van der Waals surface area contributed by atoms with Crippen molar-refractivity contribution >= 4 is 5.97 Å². The Morgan fingerprint density at radius 3 is 2.71 bits per heavy atom. The Hall–Kier alpha value is -2.25. The lowest BCUT2D eigenvalue weighted by Crippen LogP contribution is -2.13. The second kappa shape index (κ2) is 6.47. The molecule has 0 bridgehead atoms. The van der Waals surface area contributed by atoms with Crippen molar-refractivity contribution in [3.63, 3.8) is 0 Å². The van der Waals surface area contributed by atoms with Crippen molar-refractivity contribution in [1.29, 1.82) is 0 Å². The lowest BCUT2D eigenvalue weighted by Gasteiger charge is -2.08. The summed E-state index contributed by atoms with van der Waals surface area (Å²) in [5, 5.41) is 11.8. The Morgan fingerprint density at radius 1 is 1.38 bits per heavy atom. The summed E-state index contributed by atoms with van der Waals surface area (Å²) in [7, 11) is 0. The first-order valence-electron chi connectivity index (χ1n) is 6.98. The first-order valence-corrected chi connectivity index (χ1v) is 6.98. The van der Waals surface area contributed by atoms with Gasteiger partial charge in [0, 0.05) is 6.42 Å². The highest BCUT2D eigenvalue weighted by atomic mass is 16.5. The fourth-order valence-corrected chi connectivity index (χ4v) is 1.98. The molecule has 0 unspecified atom stereocenters. The summed E-state index contributed by atoms with van der Waals surface area (Å²) in [6.07, 6.45) is 0.700. The number of nitrogens with zero attached hydrogens (tertiary/aromatic N) is 5.